The summed E-state index contributed by atoms with van der Waals surface area (Å²) in [5.41, 5.74) is 1.41. The lowest BCUT2D eigenvalue weighted by Crippen LogP contribution is -2.05. The van der Waals surface area contributed by atoms with E-state index in [9.17, 15) is 5.11 Å². The average Bonchev–Trinajstić information content (AvgIpc) is 2.67. The van der Waals surface area contributed by atoms with Crippen LogP contribution < -0.4 is 0 Å². The van der Waals surface area contributed by atoms with Crippen LogP contribution in [0.15, 0.2) is 30.6 Å². The largest absolute Gasteiger partial charge is 0.506 e. The van der Waals surface area contributed by atoms with Gasteiger partial charge in [0, 0.05) is 18.4 Å². The van der Waals surface area contributed by atoms with E-state index < -0.39 is 0 Å². The summed E-state index contributed by atoms with van der Waals surface area (Å²) in [6.45, 7) is 4.08. The summed E-state index contributed by atoms with van der Waals surface area (Å²) in [6, 6.07) is 5.42. The van der Waals surface area contributed by atoms with Crippen LogP contribution in [-0.2, 0) is 0 Å². The predicted octanol–water partition coefficient (Wildman–Crippen LogP) is 2.23. The Labute approximate surface area is 88.2 Å². The number of rotatable bonds is 2. The maximum Gasteiger partial charge on any atom is 0.143 e. The van der Waals surface area contributed by atoms with Gasteiger partial charge in [-0.25, -0.2) is 0 Å². The number of aromatic hydroxyl groups is 1. The number of nitrogens with zero attached hydrogens (tertiary/aromatic N) is 3. The van der Waals surface area contributed by atoms with Gasteiger partial charge in [-0.1, -0.05) is 0 Å². The highest BCUT2D eigenvalue weighted by atomic mass is 16.3. The van der Waals surface area contributed by atoms with E-state index in [2.05, 4.69) is 10.1 Å². The molecule has 2 rings (SSSR count). The molecule has 2 aromatic heterocycles. The molecule has 0 bridgehead atoms. The fraction of sp³-hybridized carbons (Fsp3) is 0.273. The summed E-state index contributed by atoms with van der Waals surface area (Å²) in [5, 5.41) is 13.9. The van der Waals surface area contributed by atoms with Gasteiger partial charge in [0.15, 0.2) is 0 Å². The van der Waals surface area contributed by atoms with Gasteiger partial charge in [0.2, 0.25) is 0 Å². The second kappa shape index (κ2) is 3.73. The van der Waals surface area contributed by atoms with E-state index in [1.54, 1.807) is 24.5 Å². The zero-order valence-electron chi connectivity index (χ0n) is 8.75. The molecule has 2 aromatic rings. The number of aromatic nitrogens is 3. The first kappa shape index (κ1) is 9.71. The van der Waals surface area contributed by atoms with E-state index in [4.69, 9.17) is 0 Å². The number of hydrogen-bond acceptors (Lipinski definition) is 3. The van der Waals surface area contributed by atoms with Crippen molar-refractivity contribution < 1.29 is 5.11 Å². The van der Waals surface area contributed by atoms with Crippen LogP contribution in [0.4, 0.5) is 0 Å². The molecule has 78 valence electrons. The van der Waals surface area contributed by atoms with Crippen molar-refractivity contribution in [2.24, 2.45) is 0 Å². The Bertz CT molecular complexity index is 462. The van der Waals surface area contributed by atoms with Crippen molar-refractivity contribution in [1.29, 1.82) is 0 Å². The third-order valence-electron chi connectivity index (χ3n) is 2.19. The molecule has 0 amide bonds. The Balaban J connectivity index is 2.55. The van der Waals surface area contributed by atoms with Crippen molar-refractivity contribution in [2.75, 3.05) is 0 Å². The normalized spacial score (nSPS) is 10.9. The van der Waals surface area contributed by atoms with Crippen molar-refractivity contribution in [1.82, 2.24) is 14.8 Å². The predicted molar refractivity (Wildman–Crippen MR) is 57.5 cm³/mol. The standard InChI is InChI=1S/C11H13N3O/c1-8(2)14-9(5-7-13-14)11-10(15)4-3-6-12-11/h3-8,15H,1-2H3. The van der Waals surface area contributed by atoms with Crippen molar-refractivity contribution in [3.63, 3.8) is 0 Å². The van der Waals surface area contributed by atoms with Crippen molar-refractivity contribution in [3.05, 3.63) is 30.6 Å². The van der Waals surface area contributed by atoms with Gasteiger partial charge in [0.1, 0.15) is 11.4 Å². The fourth-order valence-corrected chi connectivity index (χ4v) is 1.51. The maximum absolute atomic E-state index is 9.68. The molecule has 0 atom stereocenters. The minimum absolute atomic E-state index is 0.180. The molecule has 0 spiro atoms. The first-order chi connectivity index (χ1) is 7.20. The van der Waals surface area contributed by atoms with Crippen LogP contribution in [0.1, 0.15) is 19.9 Å². The van der Waals surface area contributed by atoms with E-state index >= 15 is 0 Å². The third kappa shape index (κ3) is 1.70. The summed E-state index contributed by atoms with van der Waals surface area (Å²) < 4.78 is 1.84. The molecule has 0 aromatic carbocycles. The van der Waals surface area contributed by atoms with Crippen LogP contribution in [0.3, 0.4) is 0 Å². The third-order valence-corrected chi connectivity index (χ3v) is 2.19. The second-order valence-electron chi connectivity index (χ2n) is 3.63. The summed E-state index contributed by atoms with van der Waals surface area (Å²) in [4.78, 5) is 4.15. The molecule has 2 heterocycles. The first-order valence-corrected chi connectivity index (χ1v) is 4.88. The molecule has 15 heavy (non-hydrogen) atoms. The summed E-state index contributed by atoms with van der Waals surface area (Å²) >= 11 is 0. The van der Waals surface area contributed by atoms with Crippen LogP contribution >= 0.6 is 0 Å². The highest BCUT2D eigenvalue weighted by Crippen LogP contribution is 2.27. The molecular weight excluding hydrogens is 190 g/mol. The van der Waals surface area contributed by atoms with Crippen LogP contribution in [-0.4, -0.2) is 19.9 Å². The molecule has 4 heteroatoms. The molecule has 0 aliphatic rings. The Kier molecular flexibility index (Phi) is 2.41. The van der Waals surface area contributed by atoms with Crippen LogP contribution in [0.5, 0.6) is 5.75 Å². The van der Waals surface area contributed by atoms with Gasteiger partial charge in [0.25, 0.3) is 0 Å². The number of hydrogen-bond donors (Lipinski definition) is 1. The maximum atomic E-state index is 9.68. The summed E-state index contributed by atoms with van der Waals surface area (Å²) in [6.07, 6.45) is 3.37. The van der Waals surface area contributed by atoms with E-state index in [0.717, 1.165) is 5.69 Å². The van der Waals surface area contributed by atoms with E-state index in [1.807, 2.05) is 24.6 Å². The highest BCUT2D eigenvalue weighted by Gasteiger charge is 2.12. The van der Waals surface area contributed by atoms with Gasteiger partial charge < -0.3 is 5.11 Å². The lowest BCUT2D eigenvalue weighted by Gasteiger charge is -2.10. The fourth-order valence-electron chi connectivity index (χ4n) is 1.51. The molecule has 0 fully saturated rings. The van der Waals surface area contributed by atoms with Crippen molar-refractivity contribution in [3.8, 4) is 17.1 Å². The zero-order valence-corrected chi connectivity index (χ0v) is 8.75. The van der Waals surface area contributed by atoms with Gasteiger partial charge in [-0.15, -0.1) is 0 Å². The van der Waals surface area contributed by atoms with Gasteiger partial charge >= 0.3 is 0 Å². The van der Waals surface area contributed by atoms with Crippen LogP contribution in [0.2, 0.25) is 0 Å². The molecule has 0 saturated heterocycles. The van der Waals surface area contributed by atoms with Crippen LogP contribution in [0, 0.1) is 0 Å². The molecule has 0 radical (unpaired) electrons. The van der Waals surface area contributed by atoms with E-state index in [0.29, 0.717) is 5.69 Å². The Morgan fingerprint density at radius 1 is 1.27 bits per heavy atom. The Hall–Kier alpha value is -1.84. The zero-order chi connectivity index (χ0) is 10.8. The monoisotopic (exact) mass is 203 g/mol. The summed E-state index contributed by atoms with van der Waals surface area (Å²) in [7, 11) is 0. The Morgan fingerprint density at radius 3 is 2.73 bits per heavy atom. The first-order valence-electron chi connectivity index (χ1n) is 4.88. The molecule has 0 aliphatic carbocycles. The lowest BCUT2D eigenvalue weighted by atomic mass is 10.2. The van der Waals surface area contributed by atoms with Gasteiger partial charge in [-0.3, -0.25) is 9.67 Å². The van der Waals surface area contributed by atoms with Gasteiger partial charge in [-0.2, -0.15) is 5.10 Å². The van der Waals surface area contributed by atoms with E-state index in [1.165, 1.54) is 0 Å². The molecule has 0 aliphatic heterocycles. The average molecular weight is 203 g/mol. The lowest BCUT2D eigenvalue weighted by molar-refractivity contribution is 0.472. The quantitative estimate of drug-likeness (QED) is 0.814. The molecule has 0 unspecified atom stereocenters. The van der Waals surface area contributed by atoms with Gasteiger partial charge in [-0.05, 0) is 32.0 Å². The van der Waals surface area contributed by atoms with Gasteiger partial charge in [0.05, 0.1) is 5.69 Å². The smallest absolute Gasteiger partial charge is 0.143 e. The second-order valence-corrected chi connectivity index (χ2v) is 3.63. The molecule has 0 saturated carbocycles. The molecule has 4 nitrogen and oxygen atoms in total. The minimum Gasteiger partial charge on any atom is -0.506 e. The van der Waals surface area contributed by atoms with Crippen molar-refractivity contribution in [2.45, 2.75) is 19.9 Å². The number of pyridine rings is 1. The SMILES string of the molecule is CC(C)n1nccc1-c1ncccc1O. The minimum atomic E-state index is 0.180. The van der Waals surface area contributed by atoms with Crippen LogP contribution in [0.25, 0.3) is 11.4 Å². The summed E-state index contributed by atoms with van der Waals surface area (Å²) in [5.74, 6) is 0.180. The highest BCUT2D eigenvalue weighted by molar-refractivity contribution is 5.61. The Morgan fingerprint density at radius 2 is 2.07 bits per heavy atom. The van der Waals surface area contributed by atoms with Crippen molar-refractivity contribution >= 4 is 0 Å². The molecule has 1 N–H and O–H groups in total. The molecular formula is C11H13N3O. The van der Waals surface area contributed by atoms with E-state index in [-0.39, 0.29) is 11.8 Å². The topological polar surface area (TPSA) is 50.9 Å².